The van der Waals surface area contributed by atoms with Crippen LogP contribution in [0.2, 0.25) is 0 Å². The molecule has 0 atom stereocenters. The number of halogens is 1. The molecule has 2 heterocycles. The van der Waals surface area contributed by atoms with E-state index in [9.17, 15) is 14.0 Å². The van der Waals surface area contributed by atoms with Crippen molar-refractivity contribution >= 4 is 11.8 Å². The van der Waals surface area contributed by atoms with E-state index >= 15 is 0 Å². The second-order valence-corrected chi connectivity index (χ2v) is 5.62. The van der Waals surface area contributed by atoms with Crippen molar-refractivity contribution in [2.24, 2.45) is 5.73 Å². The van der Waals surface area contributed by atoms with Gasteiger partial charge in [0, 0.05) is 24.9 Å². The number of hydrogen-bond acceptors (Lipinski definition) is 3. The van der Waals surface area contributed by atoms with Gasteiger partial charge in [0.05, 0.1) is 25.0 Å². The number of aromatic nitrogens is 2. The Bertz CT molecular complexity index is 739. The minimum absolute atomic E-state index is 0.0629. The first-order chi connectivity index (χ1) is 11.0. The van der Waals surface area contributed by atoms with Gasteiger partial charge in [-0.2, -0.15) is 5.10 Å². The maximum atomic E-state index is 13.0. The highest BCUT2D eigenvalue weighted by Gasteiger charge is 2.27. The molecule has 0 saturated heterocycles. The van der Waals surface area contributed by atoms with Gasteiger partial charge in [-0.1, -0.05) is 12.1 Å². The maximum Gasteiger partial charge on any atom is 0.223 e. The monoisotopic (exact) mass is 316 g/mol. The Morgan fingerprint density at radius 1 is 1.17 bits per heavy atom. The van der Waals surface area contributed by atoms with Crippen molar-refractivity contribution in [1.82, 2.24) is 14.7 Å². The van der Waals surface area contributed by atoms with Gasteiger partial charge < -0.3 is 10.6 Å². The van der Waals surface area contributed by atoms with Crippen LogP contribution in [0.4, 0.5) is 4.39 Å². The lowest BCUT2D eigenvalue weighted by atomic mass is 10.2. The fraction of sp³-hybridized carbons (Fsp3) is 0.312. The number of nitrogens with zero attached hydrogens (tertiary/aromatic N) is 3. The molecule has 120 valence electrons. The Kier molecular flexibility index (Phi) is 4.10. The van der Waals surface area contributed by atoms with Crippen molar-refractivity contribution < 1.29 is 14.0 Å². The number of nitrogens with two attached hydrogens (primary N) is 1. The first-order valence-corrected chi connectivity index (χ1v) is 7.37. The number of benzene rings is 1. The molecular weight excluding hydrogens is 299 g/mol. The molecule has 2 N–H and O–H groups in total. The summed E-state index contributed by atoms with van der Waals surface area (Å²) >= 11 is 0. The molecule has 0 aliphatic carbocycles. The van der Waals surface area contributed by atoms with Crippen molar-refractivity contribution in [3.63, 3.8) is 0 Å². The molecule has 1 aromatic heterocycles. The molecule has 1 aliphatic rings. The summed E-state index contributed by atoms with van der Waals surface area (Å²) in [6, 6.07) is 6.26. The van der Waals surface area contributed by atoms with Gasteiger partial charge in [0.15, 0.2) is 0 Å². The molecule has 1 aromatic carbocycles. The van der Waals surface area contributed by atoms with Crippen LogP contribution in [0.25, 0.3) is 0 Å². The van der Waals surface area contributed by atoms with Crippen LogP contribution in [0, 0.1) is 5.82 Å². The Morgan fingerprint density at radius 3 is 2.61 bits per heavy atom. The second-order valence-electron chi connectivity index (χ2n) is 5.62. The number of carbonyl (C=O) groups is 2. The minimum Gasteiger partial charge on any atom is -0.370 e. The maximum absolute atomic E-state index is 13.0. The molecule has 0 fully saturated rings. The van der Waals surface area contributed by atoms with Gasteiger partial charge in [0.2, 0.25) is 11.8 Å². The SMILES string of the molecule is NC(=O)CCC(=O)N1Cc2cnn(Cc3ccc(F)cc3)c2C1. The third-order valence-corrected chi connectivity index (χ3v) is 3.92. The van der Waals surface area contributed by atoms with E-state index in [4.69, 9.17) is 5.73 Å². The minimum atomic E-state index is -0.474. The zero-order chi connectivity index (χ0) is 16.4. The number of carbonyl (C=O) groups excluding carboxylic acids is 2. The van der Waals surface area contributed by atoms with Gasteiger partial charge in [-0.15, -0.1) is 0 Å². The van der Waals surface area contributed by atoms with Crippen molar-refractivity contribution in [3.8, 4) is 0 Å². The summed E-state index contributed by atoms with van der Waals surface area (Å²) in [4.78, 5) is 24.5. The van der Waals surface area contributed by atoms with E-state index in [1.165, 1.54) is 12.1 Å². The number of fused-ring (bicyclic) bond motifs is 1. The number of primary amides is 1. The average Bonchev–Trinajstić information content (AvgIpc) is 3.09. The Hall–Kier alpha value is -2.70. The predicted molar refractivity (Wildman–Crippen MR) is 80.4 cm³/mol. The third kappa shape index (κ3) is 3.39. The molecule has 0 spiro atoms. The number of amides is 2. The van der Waals surface area contributed by atoms with Crippen LogP contribution in [-0.4, -0.2) is 26.5 Å². The zero-order valence-corrected chi connectivity index (χ0v) is 12.5. The number of rotatable bonds is 5. The predicted octanol–water partition coefficient (Wildman–Crippen LogP) is 1.18. The van der Waals surface area contributed by atoms with Crippen molar-refractivity contribution in [3.05, 3.63) is 53.1 Å². The molecule has 23 heavy (non-hydrogen) atoms. The quantitative estimate of drug-likeness (QED) is 0.899. The van der Waals surface area contributed by atoms with Crippen LogP contribution in [0.15, 0.2) is 30.5 Å². The van der Waals surface area contributed by atoms with E-state index in [-0.39, 0.29) is 24.6 Å². The van der Waals surface area contributed by atoms with E-state index in [1.807, 2.05) is 4.68 Å². The normalized spacial score (nSPS) is 13.2. The van der Waals surface area contributed by atoms with Crippen molar-refractivity contribution in [2.75, 3.05) is 0 Å². The highest BCUT2D eigenvalue weighted by molar-refractivity contribution is 5.83. The van der Waals surface area contributed by atoms with Gasteiger partial charge in [-0.25, -0.2) is 4.39 Å². The molecular formula is C16H17FN4O2. The van der Waals surface area contributed by atoms with Gasteiger partial charge in [0.1, 0.15) is 5.82 Å². The summed E-state index contributed by atoms with van der Waals surface area (Å²) in [7, 11) is 0. The lowest BCUT2D eigenvalue weighted by Crippen LogP contribution is -2.27. The first-order valence-electron chi connectivity index (χ1n) is 7.37. The van der Waals surface area contributed by atoms with Gasteiger partial charge in [-0.05, 0) is 17.7 Å². The van der Waals surface area contributed by atoms with E-state index in [1.54, 1.807) is 23.2 Å². The van der Waals surface area contributed by atoms with Gasteiger partial charge in [0.25, 0.3) is 0 Å². The van der Waals surface area contributed by atoms with E-state index in [2.05, 4.69) is 5.10 Å². The molecule has 2 amide bonds. The summed E-state index contributed by atoms with van der Waals surface area (Å²) in [6.07, 6.45) is 1.94. The first kappa shape index (κ1) is 15.2. The lowest BCUT2D eigenvalue weighted by molar-refractivity contribution is -0.133. The highest BCUT2D eigenvalue weighted by Crippen LogP contribution is 2.24. The van der Waals surface area contributed by atoms with E-state index < -0.39 is 5.91 Å². The summed E-state index contributed by atoms with van der Waals surface area (Å²) in [5.74, 6) is -0.837. The zero-order valence-electron chi connectivity index (χ0n) is 12.5. The summed E-state index contributed by atoms with van der Waals surface area (Å²) in [6.45, 7) is 1.49. The van der Waals surface area contributed by atoms with Gasteiger partial charge >= 0.3 is 0 Å². The molecule has 0 bridgehead atoms. The molecule has 2 aromatic rings. The Morgan fingerprint density at radius 2 is 1.91 bits per heavy atom. The fourth-order valence-corrected chi connectivity index (χ4v) is 2.67. The summed E-state index contributed by atoms with van der Waals surface area (Å²) in [5, 5.41) is 4.33. The molecule has 1 aliphatic heterocycles. The van der Waals surface area contributed by atoms with Crippen LogP contribution in [0.3, 0.4) is 0 Å². The van der Waals surface area contributed by atoms with E-state index in [0.717, 1.165) is 16.8 Å². The van der Waals surface area contributed by atoms with Crippen LogP contribution in [0.5, 0.6) is 0 Å². The molecule has 0 saturated carbocycles. The van der Waals surface area contributed by atoms with Gasteiger partial charge in [-0.3, -0.25) is 14.3 Å². The van der Waals surface area contributed by atoms with Crippen LogP contribution in [-0.2, 0) is 29.2 Å². The average molecular weight is 316 g/mol. The largest absolute Gasteiger partial charge is 0.370 e. The summed E-state index contributed by atoms with van der Waals surface area (Å²) < 4.78 is 14.8. The van der Waals surface area contributed by atoms with Crippen LogP contribution < -0.4 is 5.73 Å². The standard InChI is InChI=1S/C16H17FN4O2/c17-13-3-1-11(2-4-13)8-21-14-10-20(9-12(14)7-19-21)16(23)6-5-15(18)22/h1-4,7H,5-6,8-10H2,(H2,18,22). The van der Waals surface area contributed by atoms with Crippen molar-refractivity contribution in [1.29, 1.82) is 0 Å². The molecule has 7 heteroatoms. The van der Waals surface area contributed by atoms with Crippen molar-refractivity contribution in [2.45, 2.75) is 32.5 Å². The highest BCUT2D eigenvalue weighted by atomic mass is 19.1. The molecule has 6 nitrogen and oxygen atoms in total. The molecule has 0 unspecified atom stereocenters. The van der Waals surface area contributed by atoms with Crippen LogP contribution in [0.1, 0.15) is 29.7 Å². The smallest absolute Gasteiger partial charge is 0.223 e. The Labute approximate surface area is 132 Å². The second kappa shape index (κ2) is 6.20. The molecule has 3 rings (SSSR count). The Balaban J connectivity index is 1.67. The molecule has 0 radical (unpaired) electrons. The lowest BCUT2D eigenvalue weighted by Gasteiger charge is -2.15. The van der Waals surface area contributed by atoms with E-state index in [0.29, 0.717) is 19.6 Å². The summed E-state index contributed by atoms with van der Waals surface area (Å²) in [5.41, 5.74) is 7.99. The van der Waals surface area contributed by atoms with Crippen LogP contribution >= 0.6 is 0 Å². The number of hydrogen-bond donors (Lipinski definition) is 1. The fourth-order valence-electron chi connectivity index (χ4n) is 2.67. The topological polar surface area (TPSA) is 81.2 Å². The third-order valence-electron chi connectivity index (χ3n) is 3.92.